The molecule has 0 aromatic rings. The maximum absolute atomic E-state index is 2.52. The highest BCUT2D eigenvalue weighted by molar-refractivity contribution is 4.79. The molecule has 0 aromatic heterocycles. The van der Waals surface area contributed by atoms with Crippen LogP contribution in [-0.4, -0.2) is 24.5 Å². The van der Waals surface area contributed by atoms with Gasteiger partial charge in [-0.05, 0) is 38.3 Å². The maximum Gasteiger partial charge on any atom is 0.0118 e. The molecule has 0 aromatic carbocycles. The Morgan fingerprint density at radius 1 is 1.36 bits per heavy atom. The first-order chi connectivity index (χ1) is 5.11. The van der Waals surface area contributed by atoms with Crippen molar-refractivity contribution in [2.75, 3.05) is 13.6 Å². The molecule has 1 rings (SSSR count). The molecule has 11 heavy (non-hydrogen) atoms. The zero-order valence-electron chi connectivity index (χ0n) is 8.30. The number of hydrogen-bond donors (Lipinski definition) is 0. The molecule has 1 aliphatic heterocycles. The van der Waals surface area contributed by atoms with Crippen molar-refractivity contribution in [3.8, 4) is 0 Å². The molecule has 0 amide bonds. The van der Waals surface area contributed by atoms with E-state index in [0.29, 0.717) is 0 Å². The highest BCUT2D eigenvalue weighted by Crippen LogP contribution is 2.25. The first-order valence-corrected chi connectivity index (χ1v) is 4.81. The van der Waals surface area contributed by atoms with Gasteiger partial charge in [-0.25, -0.2) is 0 Å². The Morgan fingerprint density at radius 3 is 2.45 bits per heavy atom. The molecule has 0 saturated carbocycles. The van der Waals surface area contributed by atoms with Crippen LogP contribution in [0.15, 0.2) is 0 Å². The summed E-state index contributed by atoms with van der Waals surface area (Å²) in [6.45, 7) is 8.34. The molecule has 0 unspecified atom stereocenters. The molecule has 1 nitrogen and oxygen atoms in total. The van der Waals surface area contributed by atoms with E-state index in [2.05, 4.69) is 32.7 Å². The summed E-state index contributed by atoms with van der Waals surface area (Å²) in [5.41, 5.74) is 0. The lowest BCUT2D eigenvalue weighted by molar-refractivity contribution is 0.113. The highest BCUT2D eigenvalue weighted by Gasteiger charge is 2.25. The molecule has 0 N–H and O–H groups in total. The summed E-state index contributed by atoms with van der Waals surface area (Å²) < 4.78 is 0. The Hall–Kier alpha value is -0.0400. The van der Waals surface area contributed by atoms with Crippen molar-refractivity contribution in [1.82, 2.24) is 4.90 Å². The molecular weight excluding hydrogens is 134 g/mol. The number of likely N-dealkylation sites (tertiary alicyclic amines) is 1. The molecule has 2 atom stereocenters. The van der Waals surface area contributed by atoms with E-state index >= 15 is 0 Å². The molecular formula is C10H21N. The van der Waals surface area contributed by atoms with Crippen LogP contribution in [0.25, 0.3) is 0 Å². The zero-order chi connectivity index (χ0) is 8.43. The topological polar surface area (TPSA) is 3.24 Å². The van der Waals surface area contributed by atoms with Crippen molar-refractivity contribution in [3.63, 3.8) is 0 Å². The average Bonchev–Trinajstić information content (AvgIpc) is 1.94. The van der Waals surface area contributed by atoms with Crippen LogP contribution < -0.4 is 0 Å². The largest absolute Gasteiger partial charge is 0.303 e. The van der Waals surface area contributed by atoms with Gasteiger partial charge in [-0.3, -0.25) is 0 Å². The lowest BCUT2D eigenvalue weighted by atomic mass is 9.87. The quantitative estimate of drug-likeness (QED) is 0.562. The molecule has 1 saturated heterocycles. The SMILES string of the molecule is CC(C)[C@H]1C[C@@H](C)CCN1C. The standard InChI is InChI=1S/C10H21N/c1-8(2)10-7-9(3)5-6-11(10)4/h8-10H,5-7H2,1-4H3/t9-,10+/m0/s1. The van der Waals surface area contributed by atoms with E-state index in [1.54, 1.807) is 0 Å². The number of rotatable bonds is 1. The van der Waals surface area contributed by atoms with Crippen LogP contribution in [0.5, 0.6) is 0 Å². The van der Waals surface area contributed by atoms with Crippen LogP contribution in [0.1, 0.15) is 33.6 Å². The van der Waals surface area contributed by atoms with Gasteiger partial charge < -0.3 is 4.90 Å². The second-order valence-electron chi connectivity index (χ2n) is 4.42. The third-order valence-electron chi connectivity index (χ3n) is 2.95. The van der Waals surface area contributed by atoms with E-state index in [4.69, 9.17) is 0 Å². The molecule has 66 valence electrons. The Kier molecular flexibility index (Phi) is 2.94. The summed E-state index contributed by atoms with van der Waals surface area (Å²) in [5, 5.41) is 0. The van der Waals surface area contributed by atoms with Crippen molar-refractivity contribution >= 4 is 0 Å². The predicted octanol–water partition coefficient (Wildman–Crippen LogP) is 2.37. The van der Waals surface area contributed by atoms with Gasteiger partial charge in [0.05, 0.1) is 0 Å². The van der Waals surface area contributed by atoms with E-state index in [1.807, 2.05) is 0 Å². The summed E-state index contributed by atoms with van der Waals surface area (Å²) in [5.74, 6) is 1.77. The van der Waals surface area contributed by atoms with Gasteiger partial charge in [0.25, 0.3) is 0 Å². The minimum atomic E-state index is 0.822. The van der Waals surface area contributed by atoms with Gasteiger partial charge in [-0.15, -0.1) is 0 Å². The lowest BCUT2D eigenvalue weighted by Gasteiger charge is -2.38. The smallest absolute Gasteiger partial charge is 0.0118 e. The fourth-order valence-electron chi connectivity index (χ4n) is 2.08. The van der Waals surface area contributed by atoms with E-state index in [-0.39, 0.29) is 0 Å². The van der Waals surface area contributed by atoms with Gasteiger partial charge in [0, 0.05) is 6.04 Å². The van der Waals surface area contributed by atoms with Crippen molar-refractivity contribution in [3.05, 3.63) is 0 Å². The molecule has 0 radical (unpaired) electrons. The molecule has 1 heteroatoms. The second kappa shape index (κ2) is 3.57. The first-order valence-electron chi connectivity index (χ1n) is 4.81. The highest BCUT2D eigenvalue weighted by atomic mass is 15.1. The molecule has 0 bridgehead atoms. The van der Waals surface area contributed by atoms with Crippen LogP contribution in [0.4, 0.5) is 0 Å². The van der Waals surface area contributed by atoms with Gasteiger partial charge in [-0.1, -0.05) is 20.8 Å². The van der Waals surface area contributed by atoms with E-state index in [9.17, 15) is 0 Å². The van der Waals surface area contributed by atoms with Gasteiger partial charge in [0.15, 0.2) is 0 Å². The van der Waals surface area contributed by atoms with Gasteiger partial charge >= 0.3 is 0 Å². The van der Waals surface area contributed by atoms with E-state index < -0.39 is 0 Å². The number of nitrogens with zero attached hydrogens (tertiary/aromatic N) is 1. The van der Waals surface area contributed by atoms with Crippen molar-refractivity contribution in [2.45, 2.75) is 39.7 Å². The molecule has 0 spiro atoms. The van der Waals surface area contributed by atoms with Gasteiger partial charge in [0.1, 0.15) is 0 Å². The third-order valence-corrected chi connectivity index (χ3v) is 2.95. The minimum absolute atomic E-state index is 0.822. The maximum atomic E-state index is 2.52. The van der Waals surface area contributed by atoms with E-state index in [1.165, 1.54) is 19.4 Å². The van der Waals surface area contributed by atoms with E-state index in [0.717, 1.165) is 17.9 Å². The van der Waals surface area contributed by atoms with Crippen LogP contribution >= 0.6 is 0 Å². The fraction of sp³-hybridized carbons (Fsp3) is 1.00. The van der Waals surface area contributed by atoms with Crippen molar-refractivity contribution < 1.29 is 0 Å². The molecule has 1 aliphatic rings. The Balaban J connectivity index is 2.47. The van der Waals surface area contributed by atoms with Crippen molar-refractivity contribution in [1.29, 1.82) is 0 Å². The summed E-state index contributed by atoms with van der Waals surface area (Å²) in [7, 11) is 2.26. The monoisotopic (exact) mass is 155 g/mol. The van der Waals surface area contributed by atoms with Crippen molar-refractivity contribution in [2.24, 2.45) is 11.8 Å². The third kappa shape index (κ3) is 2.19. The number of hydrogen-bond acceptors (Lipinski definition) is 1. The second-order valence-corrected chi connectivity index (χ2v) is 4.42. The Morgan fingerprint density at radius 2 is 2.00 bits per heavy atom. The Bertz CT molecular complexity index is 120. The summed E-state index contributed by atoms with van der Waals surface area (Å²) in [6.07, 6.45) is 2.79. The zero-order valence-corrected chi connectivity index (χ0v) is 8.30. The predicted molar refractivity (Wildman–Crippen MR) is 49.7 cm³/mol. The van der Waals surface area contributed by atoms with Crippen LogP contribution in [-0.2, 0) is 0 Å². The lowest BCUT2D eigenvalue weighted by Crippen LogP contribution is -2.42. The van der Waals surface area contributed by atoms with Crippen LogP contribution in [0, 0.1) is 11.8 Å². The van der Waals surface area contributed by atoms with Gasteiger partial charge in [0.2, 0.25) is 0 Å². The summed E-state index contributed by atoms with van der Waals surface area (Å²) >= 11 is 0. The minimum Gasteiger partial charge on any atom is -0.303 e. The van der Waals surface area contributed by atoms with Crippen LogP contribution in [0.3, 0.4) is 0 Å². The van der Waals surface area contributed by atoms with Crippen LogP contribution in [0.2, 0.25) is 0 Å². The average molecular weight is 155 g/mol. The summed E-state index contributed by atoms with van der Waals surface area (Å²) in [4.78, 5) is 2.52. The molecule has 0 aliphatic carbocycles. The molecule has 1 fully saturated rings. The first kappa shape index (κ1) is 9.05. The Labute approximate surface area is 70.8 Å². The summed E-state index contributed by atoms with van der Waals surface area (Å²) in [6, 6.07) is 0.832. The normalized spacial score (nSPS) is 34.6. The fourth-order valence-corrected chi connectivity index (χ4v) is 2.08. The van der Waals surface area contributed by atoms with Gasteiger partial charge in [-0.2, -0.15) is 0 Å². The number of piperidine rings is 1. The molecule has 1 heterocycles.